The van der Waals surface area contributed by atoms with Gasteiger partial charge < -0.3 is 21.1 Å². The zero-order chi connectivity index (χ0) is 27.5. The second kappa shape index (κ2) is 11.4. The minimum Gasteiger partial charge on any atom is -0.455 e. The van der Waals surface area contributed by atoms with Gasteiger partial charge in [0.25, 0.3) is 0 Å². The van der Waals surface area contributed by atoms with Crippen LogP contribution in [0, 0.1) is 0 Å². The van der Waals surface area contributed by atoms with Crippen molar-refractivity contribution in [1.82, 2.24) is 30.0 Å². The standard InChI is InChI=1S/C30H34N8O2/c1-2-26(39)35-24-18-20(8-13-25(24)40-23-6-4-3-5-7-23)28-27-29(31)33-19-34-30(27)38(36-28)22-11-9-21(10-12-22)37-16-14-32-15-17-37/h2-8,13,18-19,21-22,32H,1,9-12,14-17H2,(H,35,39)(H2,31,33,34). The number of carbonyl (C=O) groups excluding carboxylic acids is 1. The summed E-state index contributed by atoms with van der Waals surface area (Å²) in [5, 5.41) is 12.1. The summed E-state index contributed by atoms with van der Waals surface area (Å²) < 4.78 is 8.12. The van der Waals surface area contributed by atoms with Gasteiger partial charge in [0, 0.05) is 37.8 Å². The van der Waals surface area contributed by atoms with Gasteiger partial charge in [-0.2, -0.15) is 5.10 Å². The first-order valence-corrected chi connectivity index (χ1v) is 13.8. The van der Waals surface area contributed by atoms with Crippen LogP contribution in [0.5, 0.6) is 11.5 Å². The number of ether oxygens (including phenoxy) is 1. The van der Waals surface area contributed by atoms with E-state index in [1.165, 1.54) is 12.4 Å². The van der Waals surface area contributed by atoms with Crippen LogP contribution in [0.4, 0.5) is 11.5 Å². The van der Waals surface area contributed by atoms with Crippen LogP contribution in [-0.4, -0.2) is 62.8 Å². The zero-order valence-electron chi connectivity index (χ0n) is 22.4. The van der Waals surface area contributed by atoms with Crippen LogP contribution in [0.2, 0.25) is 0 Å². The summed E-state index contributed by atoms with van der Waals surface area (Å²) in [5.74, 6) is 1.20. The molecule has 0 bridgehead atoms. The number of nitrogen functional groups attached to an aromatic ring is 1. The van der Waals surface area contributed by atoms with Gasteiger partial charge in [0.1, 0.15) is 23.6 Å². The van der Waals surface area contributed by atoms with Crippen LogP contribution in [-0.2, 0) is 4.79 Å². The molecule has 0 unspecified atom stereocenters. The SMILES string of the molecule is C=CC(=O)Nc1cc(-c2nn(C3CCC(N4CCNCC4)CC3)c3ncnc(N)c23)ccc1Oc1ccccc1. The molecule has 4 aromatic rings. The van der Waals surface area contributed by atoms with Gasteiger partial charge in [-0.15, -0.1) is 0 Å². The maximum Gasteiger partial charge on any atom is 0.247 e. The zero-order valence-corrected chi connectivity index (χ0v) is 22.4. The average molecular weight is 539 g/mol. The summed E-state index contributed by atoms with van der Waals surface area (Å²) in [6.07, 6.45) is 7.04. The molecule has 2 aromatic heterocycles. The number of nitrogens with zero attached hydrogens (tertiary/aromatic N) is 5. The van der Waals surface area contributed by atoms with E-state index in [9.17, 15) is 4.79 Å². The first-order chi connectivity index (χ1) is 19.6. The lowest BCUT2D eigenvalue weighted by molar-refractivity contribution is -0.111. The molecule has 4 N–H and O–H groups in total. The number of hydrogen-bond donors (Lipinski definition) is 3. The van der Waals surface area contributed by atoms with E-state index >= 15 is 0 Å². The molecule has 2 aromatic carbocycles. The second-order valence-electron chi connectivity index (χ2n) is 10.3. The van der Waals surface area contributed by atoms with Gasteiger partial charge in [0.15, 0.2) is 11.4 Å². The number of benzene rings is 2. The number of fused-ring (bicyclic) bond motifs is 1. The van der Waals surface area contributed by atoms with Crippen LogP contribution >= 0.6 is 0 Å². The molecule has 10 nitrogen and oxygen atoms in total. The van der Waals surface area contributed by atoms with Crippen molar-refractivity contribution in [3.05, 3.63) is 67.5 Å². The lowest BCUT2D eigenvalue weighted by Crippen LogP contribution is -2.49. The third-order valence-electron chi connectivity index (χ3n) is 7.87. The molecule has 10 heteroatoms. The third-order valence-corrected chi connectivity index (χ3v) is 7.87. The fourth-order valence-corrected chi connectivity index (χ4v) is 5.83. The fourth-order valence-electron chi connectivity index (χ4n) is 5.83. The summed E-state index contributed by atoms with van der Waals surface area (Å²) in [6.45, 7) is 7.94. The lowest BCUT2D eigenvalue weighted by Gasteiger charge is -2.39. The minimum absolute atomic E-state index is 0.227. The smallest absolute Gasteiger partial charge is 0.247 e. The van der Waals surface area contributed by atoms with Crippen molar-refractivity contribution < 1.29 is 9.53 Å². The highest BCUT2D eigenvalue weighted by atomic mass is 16.5. The summed E-state index contributed by atoms with van der Waals surface area (Å²) in [7, 11) is 0. The number of anilines is 2. The summed E-state index contributed by atoms with van der Waals surface area (Å²) in [5.41, 5.74) is 9.09. The molecule has 1 saturated carbocycles. The number of para-hydroxylation sites is 1. The summed E-state index contributed by atoms with van der Waals surface area (Å²) in [4.78, 5) is 23.8. The molecular formula is C30H34N8O2. The van der Waals surface area contributed by atoms with Crippen LogP contribution in [0.3, 0.4) is 0 Å². The molecule has 2 aliphatic rings. The van der Waals surface area contributed by atoms with Crippen LogP contribution in [0.25, 0.3) is 22.3 Å². The Labute approximate surface area is 233 Å². The number of carbonyl (C=O) groups is 1. The third kappa shape index (κ3) is 5.28. The van der Waals surface area contributed by atoms with Gasteiger partial charge in [-0.25, -0.2) is 14.6 Å². The molecule has 1 saturated heterocycles. The van der Waals surface area contributed by atoms with E-state index < -0.39 is 0 Å². The predicted octanol–water partition coefficient (Wildman–Crippen LogP) is 4.38. The molecule has 40 heavy (non-hydrogen) atoms. The Morgan fingerprint density at radius 2 is 1.80 bits per heavy atom. The van der Waals surface area contributed by atoms with Crippen molar-refractivity contribution in [3.8, 4) is 22.8 Å². The molecule has 206 valence electrons. The van der Waals surface area contributed by atoms with Gasteiger partial charge in [0.05, 0.1) is 17.1 Å². The molecule has 0 spiro atoms. The highest BCUT2D eigenvalue weighted by Crippen LogP contribution is 2.39. The molecule has 0 radical (unpaired) electrons. The second-order valence-corrected chi connectivity index (χ2v) is 10.3. The van der Waals surface area contributed by atoms with E-state index in [2.05, 4.69) is 32.1 Å². The monoisotopic (exact) mass is 538 g/mol. The molecule has 6 rings (SSSR count). The topological polar surface area (TPSA) is 123 Å². The van der Waals surface area contributed by atoms with Crippen molar-refractivity contribution in [1.29, 1.82) is 0 Å². The van der Waals surface area contributed by atoms with Crippen molar-refractivity contribution in [3.63, 3.8) is 0 Å². The van der Waals surface area contributed by atoms with Gasteiger partial charge in [0.2, 0.25) is 5.91 Å². The number of piperazine rings is 1. The van der Waals surface area contributed by atoms with Crippen molar-refractivity contribution >= 4 is 28.4 Å². The van der Waals surface area contributed by atoms with Crippen LogP contribution in [0.1, 0.15) is 31.7 Å². The first kappa shape index (κ1) is 26.0. The van der Waals surface area contributed by atoms with Gasteiger partial charge in [-0.3, -0.25) is 9.69 Å². The lowest BCUT2D eigenvalue weighted by atomic mass is 9.90. The maximum absolute atomic E-state index is 12.3. The van der Waals surface area contributed by atoms with Crippen molar-refractivity contribution in [2.45, 2.75) is 37.8 Å². The Morgan fingerprint density at radius 1 is 1.05 bits per heavy atom. The van der Waals surface area contributed by atoms with Crippen molar-refractivity contribution in [2.75, 3.05) is 37.2 Å². The Bertz CT molecular complexity index is 1510. The van der Waals surface area contributed by atoms with E-state index in [1.54, 1.807) is 0 Å². The van der Waals surface area contributed by atoms with E-state index in [-0.39, 0.29) is 11.9 Å². The normalized spacial score (nSPS) is 19.8. The molecule has 1 aliphatic carbocycles. The fraction of sp³-hybridized carbons (Fsp3) is 0.333. The number of nitrogens with two attached hydrogens (primary N) is 1. The highest BCUT2D eigenvalue weighted by molar-refractivity contribution is 6.02. The Balaban J connectivity index is 1.34. The predicted molar refractivity (Wildman–Crippen MR) is 156 cm³/mol. The van der Waals surface area contributed by atoms with Crippen LogP contribution in [0.15, 0.2) is 67.5 Å². The molecule has 1 aliphatic heterocycles. The molecule has 3 heterocycles. The Hall–Kier alpha value is -4.28. The number of aromatic nitrogens is 4. The minimum atomic E-state index is -0.338. The largest absolute Gasteiger partial charge is 0.455 e. The number of rotatable bonds is 7. The number of hydrogen-bond acceptors (Lipinski definition) is 8. The average Bonchev–Trinajstić information content (AvgIpc) is 3.40. The quantitative estimate of drug-likeness (QED) is 0.296. The van der Waals surface area contributed by atoms with Gasteiger partial charge in [-0.05, 0) is 62.1 Å². The van der Waals surface area contributed by atoms with Crippen molar-refractivity contribution in [2.24, 2.45) is 0 Å². The van der Waals surface area contributed by atoms with E-state index in [4.69, 9.17) is 15.6 Å². The van der Waals surface area contributed by atoms with Gasteiger partial charge >= 0.3 is 0 Å². The van der Waals surface area contributed by atoms with Gasteiger partial charge in [-0.1, -0.05) is 24.8 Å². The van der Waals surface area contributed by atoms with E-state index in [0.29, 0.717) is 40.1 Å². The van der Waals surface area contributed by atoms with E-state index in [1.807, 2.05) is 53.2 Å². The molecule has 2 fully saturated rings. The summed E-state index contributed by atoms with van der Waals surface area (Å²) in [6, 6.07) is 15.9. The molecule has 0 atom stereocenters. The Morgan fingerprint density at radius 3 is 2.55 bits per heavy atom. The molecule has 1 amide bonds. The summed E-state index contributed by atoms with van der Waals surface area (Å²) >= 11 is 0. The Kier molecular flexibility index (Phi) is 7.43. The number of amides is 1. The van der Waals surface area contributed by atoms with E-state index in [0.717, 1.165) is 63.1 Å². The maximum atomic E-state index is 12.3. The number of nitrogens with one attached hydrogen (secondary N) is 2. The van der Waals surface area contributed by atoms with Crippen LogP contribution < -0.4 is 21.1 Å². The first-order valence-electron chi connectivity index (χ1n) is 13.8. The highest BCUT2D eigenvalue weighted by Gasteiger charge is 2.30. The molecular weight excluding hydrogens is 504 g/mol.